The van der Waals surface area contributed by atoms with Crippen molar-refractivity contribution in [2.24, 2.45) is 0 Å². The van der Waals surface area contributed by atoms with Gasteiger partial charge in [0.05, 0.1) is 0 Å². The van der Waals surface area contributed by atoms with Crippen molar-refractivity contribution in [3.63, 3.8) is 0 Å². The van der Waals surface area contributed by atoms with Gasteiger partial charge in [0.1, 0.15) is 0 Å². The molecule has 0 saturated heterocycles. The van der Waals surface area contributed by atoms with Crippen LogP contribution in [-0.4, -0.2) is 19.1 Å². The van der Waals surface area contributed by atoms with Crippen molar-refractivity contribution in [3.8, 4) is 22.6 Å². The summed E-state index contributed by atoms with van der Waals surface area (Å²) in [6, 6.07) is 21.9. The molecule has 0 atom stereocenters. The molecule has 0 unspecified atom stereocenters. The van der Waals surface area contributed by atoms with Gasteiger partial charge in [-0.3, -0.25) is 4.79 Å². The third kappa shape index (κ3) is 3.03. The Balaban J connectivity index is 1.43. The molecule has 3 aromatic rings. The van der Waals surface area contributed by atoms with E-state index in [1.807, 2.05) is 54.6 Å². The van der Waals surface area contributed by atoms with E-state index in [0.717, 1.165) is 46.9 Å². The van der Waals surface area contributed by atoms with Crippen molar-refractivity contribution in [1.29, 1.82) is 0 Å². The molecule has 5 rings (SSSR count). The van der Waals surface area contributed by atoms with Crippen molar-refractivity contribution < 1.29 is 14.3 Å². The molecule has 0 spiro atoms. The van der Waals surface area contributed by atoms with E-state index >= 15 is 0 Å². The van der Waals surface area contributed by atoms with Gasteiger partial charge in [0.2, 0.25) is 6.79 Å². The van der Waals surface area contributed by atoms with E-state index in [1.54, 1.807) is 6.08 Å². The van der Waals surface area contributed by atoms with Gasteiger partial charge in [0.25, 0.3) is 0 Å². The van der Waals surface area contributed by atoms with Gasteiger partial charge in [-0.15, -0.1) is 0 Å². The van der Waals surface area contributed by atoms with E-state index in [-0.39, 0.29) is 12.6 Å². The van der Waals surface area contributed by atoms with Gasteiger partial charge in [-0.25, -0.2) is 0 Å². The average Bonchev–Trinajstić information content (AvgIpc) is 3.21. The second-order valence-electron chi connectivity index (χ2n) is 6.91. The van der Waals surface area contributed by atoms with Crippen LogP contribution in [0.4, 0.5) is 0 Å². The number of allylic oxidation sites excluding steroid dienone is 1. The molecule has 4 nitrogen and oxygen atoms in total. The minimum atomic E-state index is -0.0207. The molecule has 0 aliphatic carbocycles. The van der Waals surface area contributed by atoms with Crippen LogP contribution >= 0.6 is 0 Å². The van der Waals surface area contributed by atoms with Crippen LogP contribution in [0.2, 0.25) is 0 Å². The smallest absolute Gasteiger partial charge is 0.231 e. The van der Waals surface area contributed by atoms with E-state index in [0.29, 0.717) is 5.56 Å². The molecule has 3 aromatic carbocycles. The zero-order chi connectivity index (χ0) is 18.9. The molecular weight excluding hydrogens is 350 g/mol. The summed E-state index contributed by atoms with van der Waals surface area (Å²) in [6.07, 6.45) is 2.57. The summed E-state index contributed by atoms with van der Waals surface area (Å²) in [6.45, 7) is 1.04. The van der Waals surface area contributed by atoms with Gasteiger partial charge < -0.3 is 14.8 Å². The zero-order valence-corrected chi connectivity index (χ0v) is 15.3. The fourth-order valence-corrected chi connectivity index (χ4v) is 3.67. The standard InChI is InChI=1S/C24H19NO3/c26-22(18-8-6-17(7-9-18)16-4-2-1-3-5-16)14-21-20-13-24-23(27-15-28-24)12-19(20)10-11-25-21/h1-9,12-14,25H,10-11,15H2. The quantitative estimate of drug-likeness (QED) is 0.547. The number of ketones is 1. The summed E-state index contributed by atoms with van der Waals surface area (Å²) < 4.78 is 11.0. The molecule has 2 aliphatic rings. The van der Waals surface area contributed by atoms with Gasteiger partial charge in [-0.2, -0.15) is 0 Å². The van der Waals surface area contributed by atoms with Gasteiger partial charge in [-0.05, 0) is 35.2 Å². The monoisotopic (exact) mass is 369 g/mol. The first-order valence-corrected chi connectivity index (χ1v) is 9.36. The lowest BCUT2D eigenvalue weighted by molar-refractivity contribution is 0.104. The first-order chi connectivity index (χ1) is 13.8. The van der Waals surface area contributed by atoms with Crippen molar-refractivity contribution in [3.05, 3.63) is 89.5 Å². The zero-order valence-electron chi connectivity index (χ0n) is 15.3. The summed E-state index contributed by atoms with van der Waals surface area (Å²) in [5.41, 5.74) is 5.90. The number of carbonyl (C=O) groups is 1. The van der Waals surface area contributed by atoms with E-state index in [9.17, 15) is 4.79 Å². The lowest BCUT2D eigenvalue weighted by Gasteiger charge is -2.21. The maximum Gasteiger partial charge on any atom is 0.231 e. The van der Waals surface area contributed by atoms with Gasteiger partial charge in [-0.1, -0.05) is 54.6 Å². The molecule has 0 fully saturated rings. The van der Waals surface area contributed by atoms with Crippen molar-refractivity contribution in [1.82, 2.24) is 5.32 Å². The lowest BCUT2D eigenvalue weighted by Crippen LogP contribution is -2.23. The highest BCUT2D eigenvalue weighted by atomic mass is 16.7. The Kier molecular flexibility index (Phi) is 4.09. The fourth-order valence-electron chi connectivity index (χ4n) is 3.67. The number of hydrogen-bond acceptors (Lipinski definition) is 4. The molecule has 28 heavy (non-hydrogen) atoms. The average molecular weight is 369 g/mol. The molecule has 0 amide bonds. The molecule has 0 bridgehead atoms. The summed E-state index contributed by atoms with van der Waals surface area (Å²) in [7, 11) is 0. The maximum absolute atomic E-state index is 12.8. The van der Waals surface area contributed by atoms with Crippen LogP contribution in [0.25, 0.3) is 16.8 Å². The van der Waals surface area contributed by atoms with Crippen LogP contribution in [0.5, 0.6) is 11.5 Å². The first kappa shape index (κ1) is 16.6. The van der Waals surface area contributed by atoms with Crippen molar-refractivity contribution >= 4 is 11.5 Å². The van der Waals surface area contributed by atoms with Crippen LogP contribution in [0.15, 0.2) is 72.8 Å². The summed E-state index contributed by atoms with van der Waals surface area (Å²) in [5.74, 6) is 1.49. The highest BCUT2D eigenvalue weighted by Crippen LogP contribution is 2.38. The highest BCUT2D eigenvalue weighted by Gasteiger charge is 2.22. The van der Waals surface area contributed by atoms with E-state index in [4.69, 9.17) is 9.47 Å². The third-order valence-corrected chi connectivity index (χ3v) is 5.15. The largest absolute Gasteiger partial charge is 0.454 e. The highest BCUT2D eigenvalue weighted by molar-refractivity contribution is 6.08. The molecule has 138 valence electrons. The second-order valence-corrected chi connectivity index (χ2v) is 6.91. The summed E-state index contributed by atoms with van der Waals surface area (Å²) in [4.78, 5) is 12.8. The van der Waals surface area contributed by atoms with Crippen LogP contribution in [0.1, 0.15) is 21.5 Å². The third-order valence-electron chi connectivity index (χ3n) is 5.15. The summed E-state index contributed by atoms with van der Waals surface area (Å²) in [5, 5.41) is 3.35. The number of ether oxygens (including phenoxy) is 2. The minimum absolute atomic E-state index is 0.0207. The van der Waals surface area contributed by atoms with E-state index in [1.165, 1.54) is 5.56 Å². The van der Waals surface area contributed by atoms with Gasteiger partial charge in [0.15, 0.2) is 17.3 Å². The number of nitrogens with one attached hydrogen (secondary N) is 1. The molecule has 0 aromatic heterocycles. The fraction of sp³-hybridized carbons (Fsp3) is 0.125. The maximum atomic E-state index is 12.8. The number of hydrogen-bond donors (Lipinski definition) is 1. The number of carbonyl (C=O) groups excluding carboxylic acids is 1. The molecular formula is C24H19NO3. The van der Waals surface area contributed by atoms with Crippen LogP contribution in [-0.2, 0) is 6.42 Å². The Bertz CT molecular complexity index is 1070. The van der Waals surface area contributed by atoms with Crippen LogP contribution in [0.3, 0.4) is 0 Å². The van der Waals surface area contributed by atoms with Crippen molar-refractivity contribution in [2.45, 2.75) is 6.42 Å². The molecule has 0 saturated carbocycles. The predicted molar refractivity (Wildman–Crippen MR) is 108 cm³/mol. The molecule has 0 radical (unpaired) electrons. The summed E-state index contributed by atoms with van der Waals surface area (Å²) >= 11 is 0. The number of fused-ring (bicyclic) bond motifs is 2. The molecule has 2 heterocycles. The van der Waals surface area contributed by atoms with Crippen LogP contribution < -0.4 is 14.8 Å². The predicted octanol–water partition coefficient (Wildman–Crippen LogP) is 4.45. The normalized spacial score (nSPS) is 15.8. The minimum Gasteiger partial charge on any atom is -0.454 e. The van der Waals surface area contributed by atoms with E-state index < -0.39 is 0 Å². The number of benzene rings is 3. The van der Waals surface area contributed by atoms with Crippen LogP contribution in [0, 0.1) is 0 Å². The molecule has 1 N–H and O–H groups in total. The Hall–Kier alpha value is -3.53. The first-order valence-electron chi connectivity index (χ1n) is 9.36. The Morgan fingerprint density at radius 1 is 0.893 bits per heavy atom. The van der Waals surface area contributed by atoms with Gasteiger partial charge in [0, 0.05) is 29.4 Å². The topological polar surface area (TPSA) is 47.6 Å². The second kappa shape index (κ2) is 6.89. The molecule has 4 heteroatoms. The molecule has 2 aliphatic heterocycles. The van der Waals surface area contributed by atoms with Crippen molar-refractivity contribution in [2.75, 3.05) is 13.3 Å². The SMILES string of the molecule is O=C(C=C1NCCc2cc3c(cc21)OCO3)c1ccc(-c2ccccc2)cc1. The van der Waals surface area contributed by atoms with E-state index in [2.05, 4.69) is 17.4 Å². The Morgan fingerprint density at radius 2 is 1.61 bits per heavy atom. The Morgan fingerprint density at radius 3 is 2.39 bits per heavy atom. The van der Waals surface area contributed by atoms with Gasteiger partial charge >= 0.3 is 0 Å². The number of rotatable bonds is 3. The lowest BCUT2D eigenvalue weighted by atomic mass is 9.95. The Labute approximate surface area is 163 Å².